The number of thiocarbonyl (C=S) groups is 1. The second-order valence-electron chi connectivity index (χ2n) is 4.58. The van der Waals surface area contributed by atoms with Gasteiger partial charge in [-0.05, 0) is 58.0 Å². The van der Waals surface area contributed by atoms with Gasteiger partial charge in [0.1, 0.15) is 11.5 Å². The predicted molar refractivity (Wildman–Crippen MR) is 99.0 cm³/mol. The first-order chi connectivity index (χ1) is 11.1. The van der Waals surface area contributed by atoms with Crippen molar-refractivity contribution in [1.82, 2.24) is 10.7 Å². The number of nitrogens with zero attached hydrogens (tertiary/aromatic N) is 1. The highest BCUT2D eigenvalue weighted by Gasteiger charge is 2.02. The van der Waals surface area contributed by atoms with Crippen LogP contribution in [0.4, 0.5) is 0 Å². The van der Waals surface area contributed by atoms with E-state index in [-0.39, 0.29) is 5.75 Å². The maximum atomic E-state index is 9.61. The Morgan fingerprint density at radius 3 is 2.83 bits per heavy atom. The number of halogens is 1. The molecule has 2 aromatic rings. The first kappa shape index (κ1) is 17.2. The average molecular weight is 394 g/mol. The summed E-state index contributed by atoms with van der Waals surface area (Å²) in [6.45, 7) is 0.556. The summed E-state index contributed by atoms with van der Waals surface area (Å²) in [5.41, 5.74) is 4.37. The van der Waals surface area contributed by atoms with E-state index in [0.29, 0.717) is 17.2 Å². The molecule has 2 aromatic carbocycles. The molecule has 0 aliphatic heterocycles. The minimum absolute atomic E-state index is 0.167. The van der Waals surface area contributed by atoms with Crippen molar-refractivity contribution >= 4 is 39.5 Å². The van der Waals surface area contributed by atoms with Gasteiger partial charge in [0.25, 0.3) is 0 Å². The van der Waals surface area contributed by atoms with Crippen LogP contribution in [-0.4, -0.2) is 23.5 Å². The van der Waals surface area contributed by atoms with Gasteiger partial charge in [0.15, 0.2) is 5.11 Å². The zero-order chi connectivity index (χ0) is 16.7. The number of methoxy groups -OCH3 is 1. The molecule has 0 saturated carbocycles. The molecule has 7 heteroatoms. The molecule has 0 fully saturated rings. The van der Waals surface area contributed by atoms with Crippen molar-refractivity contribution in [2.45, 2.75) is 6.54 Å². The quantitative estimate of drug-likeness (QED) is 0.413. The highest BCUT2D eigenvalue weighted by molar-refractivity contribution is 9.10. The van der Waals surface area contributed by atoms with Crippen molar-refractivity contribution < 1.29 is 9.84 Å². The van der Waals surface area contributed by atoms with Crippen molar-refractivity contribution in [1.29, 1.82) is 0 Å². The smallest absolute Gasteiger partial charge is 0.187 e. The van der Waals surface area contributed by atoms with Gasteiger partial charge in [0.2, 0.25) is 0 Å². The van der Waals surface area contributed by atoms with E-state index in [1.165, 1.54) is 6.21 Å². The zero-order valence-electron chi connectivity index (χ0n) is 12.4. The Kier molecular flexibility index (Phi) is 6.37. The molecule has 0 aromatic heterocycles. The third-order valence-corrected chi connectivity index (χ3v) is 3.83. The van der Waals surface area contributed by atoms with E-state index in [9.17, 15) is 5.11 Å². The number of hydrazone groups is 1. The van der Waals surface area contributed by atoms with Crippen molar-refractivity contribution in [3.63, 3.8) is 0 Å². The fourth-order valence-corrected chi connectivity index (χ4v) is 2.51. The summed E-state index contributed by atoms with van der Waals surface area (Å²) in [5, 5.41) is 17.0. The lowest BCUT2D eigenvalue weighted by atomic mass is 10.2. The Bertz CT molecular complexity index is 722. The number of phenolic OH excluding ortho intramolecular Hbond substituents is 1. The second-order valence-corrected chi connectivity index (χ2v) is 5.84. The topological polar surface area (TPSA) is 65.9 Å². The molecule has 0 heterocycles. The van der Waals surface area contributed by atoms with Crippen molar-refractivity contribution in [3.05, 3.63) is 58.1 Å². The van der Waals surface area contributed by atoms with E-state index in [2.05, 4.69) is 31.8 Å². The number of aromatic hydroxyl groups is 1. The lowest BCUT2D eigenvalue weighted by molar-refractivity contribution is 0.412. The summed E-state index contributed by atoms with van der Waals surface area (Å²) in [6, 6.07) is 12.7. The summed E-state index contributed by atoms with van der Waals surface area (Å²) in [7, 11) is 1.62. The number of benzene rings is 2. The Morgan fingerprint density at radius 2 is 2.13 bits per heavy atom. The molecule has 0 saturated heterocycles. The number of hydrogen-bond acceptors (Lipinski definition) is 4. The van der Waals surface area contributed by atoms with Gasteiger partial charge in [-0.2, -0.15) is 5.10 Å². The monoisotopic (exact) mass is 393 g/mol. The van der Waals surface area contributed by atoms with Crippen molar-refractivity contribution in [2.75, 3.05) is 7.11 Å². The van der Waals surface area contributed by atoms with Crippen LogP contribution in [0.25, 0.3) is 0 Å². The van der Waals surface area contributed by atoms with Gasteiger partial charge in [-0.1, -0.05) is 18.2 Å². The molecular weight excluding hydrogens is 378 g/mol. The normalized spacial score (nSPS) is 10.5. The van der Waals surface area contributed by atoms with E-state index in [1.807, 2.05) is 24.3 Å². The van der Waals surface area contributed by atoms with E-state index in [0.717, 1.165) is 15.8 Å². The summed E-state index contributed by atoms with van der Waals surface area (Å²) in [6.07, 6.45) is 1.51. The summed E-state index contributed by atoms with van der Waals surface area (Å²) >= 11 is 8.59. The van der Waals surface area contributed by atoms with Gasteiger partial charge in [-0.3, -0.25) is 5.43 Å². The van der Waals surface area contributed by atoms with Crippen LogP contribution in [0.2, 0.25) is 0 Å². The van der Waals surface area contributed by atoms with Crippen LogP contribution in [0.5, 0.6) is 11.5 Å². The molecule has 5 nitrogen and oxygen atoms in total. The van der Waals surface area contributed by atoms with Crippen LogP contribution in [-0.2, 0) is 6.54 Å². The molecule has 0 amide bonds. The second kappa shape index (κ2) is 8.50. The van der Waals surface area contributed by atoms with Crippen LogP contribution in [0.15, 0.2) is 52.0 Å². The molecule has 23 heavy (non-hydrogen) atoms. The summed E-state index contributed by atoms with van der Waals surface area (Å²) in [5.74, 6) is 0.946. The van der Waals surface area contributed by atoms with E-state index in [1.54, 1.807) is 25.3 Å². The van der Waals surface area contributed by atoms with E-state index < -0.39 is 0 Å². The third-order valence-electron chi connectivity index (χ3n) is 2.98. The number of hydrogen-bond donors (Lipinski definition) is 3. The largest absolute Gasteiger partial charge is 0.507 e. The molecule has 0 radical (unpaired) electrons. The molecule has 0 bridgehead atoms. The van der Waals surface area contributed by atoms with Crippen molar-refractivity contribution in [3.8, 4) is 11.5 Å². The predicted octanol–water partition coefficient (Wildman–Crippen LogP) is 3.16. The molecule has 3 N–H and O–H groups in total. The van der Waals surface area contributed by atoms with Gasteiger partial charge in [0, 0.05) is 12.1 Å². The van der Waals surface area contributed by atoms with Gasteiger partial charge >= 0.3 is 0 Å². The Hall–Kier alpha value is -2.12. The van der Waals surface area contributed by atoms with Gasteiger partial charge < -0.3 is 15.2 Å². The maximum absolute atomic E-state index is 9.61. The van der Waals surface area contributed by atoms with Crippen LogP contribution in [0.3, 0.4) is 0 Å². The highest BCUT2D eigenvalue weighted by Crippen LogP contribution is 2.25. The molecule has 0 atom stereocenters. The lowest BCUT2D eigenvalue weighted by Gasteiger charge is -2.09. The van der Waals surface area contributed by atoms with Gasteiger partial charge in [-0.25, -0.2) is 0 Å². The molecule has 2 rings (SSSR count). The summed E-state index contributed by atoms with van der Waals surface area (Å²) in [4.78, 5) is 0. The fraction of sp³-hybridized carbons (Fsp3) is 0.125. The van der Waals surface area contributed by atoms with E-state index in [4.69, 9.17) is 17.0 Å². The minimum atomic E-state index is 0.167. The average Bonchev–Trinajstić information content (AvgIpc) is 2.55. The maximum Gasteiger partial charge on any atom is 0.187 e. The molecule has 0 unspecified atom stereocenters. The third kappa shape index (κ3) is 5.22. The zero-order valence-corrected chi connectivity index (χ0v) is 14.8. The summed E-state index contributed by atoms with van der Waals surface area (Å²) < 4.78 is 6.07. The number of nitrogens with one attached hydrogen (secondary N) is 2. The Balaban J connectivity index is 1.83. The van der Waals surface area contributed by atoms with Crippen LogP contribution < -0.4 is 15.5 Å². The molecule has 0 spiro atoms. The number of rotatable bonds is 5. The Morgan fingerprint density at radius 1 is 1.35 bits per heavy atom. The molecular formula is C16H16BrN3O2S. The first-order valence-corrected chi connectivity index (χ1v) is 7.97. The number of para-hydroxylation sites is 1. The van der Waals surface area contributed by atoms with Crippen LogP contribution in [0, 0.1) is 0 Å². The van der Waals surface area contributed by atoms with Gasteiger partial charge in [0.05, 0.1) is 17.8 Å². The molecule has 0 aliphatic rings. The molecule has 120 valence electrons. The van der Waals surface area contributed by atoms with Crippen LogP contribution in [0.1, 0.15) is 11.1 Å². The standard InChI is InChI=1S/C16H16BrN3O2S/c1-22-15-7-6-11(8-13(15)17)9-18-16(23)20-19-10-12-4-2-3-5-14(12)21/h2-8,10,21H,9H2,1H3,(H2,18,20,23)/b19-10+. The SMILES string of the molecule is COc1ccc(CNC(=S)N/N=C/c2ccccc2O)cc1Br. The number of ether oxygens (including phenoxy) is 1. The van der Waals surface area contributed by atoms with Gasteiger partial charge in [-0.15, -0.1) is 0 Å². The first-order valence-electron chi connectivity index (χ1n) is 6.77. The lowest BCUT2D eigenvalue weighted by Crippen LogP contribution is -2.31. The Labute approximate surface area is 148 Å². The van der Waals surface area contributed by atoms with E-state index >= 15 is 0 Å². The van der Waals surface area contributed by atoms with Crippen molar-refractivity contribution in [2.24, 2.45) is 5.10 Å². The van der Waals surface area contributed by atoms with Crippen LogP contribution >= 0.6 is 28.1 Å². The molecule has 0 aliphatic carbocycles. The minimum Gasteiger partial charge on any atom is -0.507 e. The highest BCUT2D eigenvalue weighted by atomic mass is 79.9. The number of phenols is 1. The fourth-order valence-electron chi connectivity index (χ4n) is 1.80.